The van der Waals surface area contributed by atoms with Crippen LogP contribution in [0.5, 0.6) is 0 Å². The molecule has 2 aromatic heterocycles. The maximum Gasteiger partial charge on any atom is 0.251 e. The van der Waals surface area contributed by atoms with Crippen molar-refractivity contribution in [3.05, 3.63) is 102 Å². The summed E-state index contributed by atoms with van der Waals surface area (Å²) in [6, 6.07) is 21.4. The van der Waals surface area contributed by atoms with Crippen LogP contribution in [0.4, 0.5) is 0 Å². The molecule has 144 valence electrons. The first-order valence-electron chi connectivity index (χ1n) is 9.60. The lowest BCUT2D eigenvalue weighted by atomic mass is 10.2. The number of fused-ring (bicyclic) bond motifs is 1. The molecule has 4 aromatic rings. The average Bonchev–Trinajstić information content (AvgIpc) is 3.14. The highest BCUT2D eigenvalue weighted by Gasteiger charge is 2.18. The van der Waals surface area contributed by atoms with E-state index in [4.69, 9.17) is 4.98 Å². The molecule has 0 radical (unpaired) electrons. The fourth-order valence-corrected chi connectivity index (χ4v) is 3.32. The summed E-state index contributed by atoms with van der Waals surface area (Å²) in [7, 11) is 0. The van der Waals surface area contributed by atoms with Crippen LogP contribution in [0.2, 0.25) is 0 Å². The van der Waals surface area contributed by atoms with E-state index in [0.29, 0.717) is 12.1 Å². The minimum Gasteiger partial charge on any atom is -0.342 e. The number of allylic oxidation sites excluding steroid dienone is 1. The summed E-state index contributed by atoms with van der Waals surface area (Å²) in [5, 5.41) is 3.05. The molecule has 0 saturated carbocycles. The number of carbonyl (C=O) groups is 1. The van der Waals surface area contributed by atoms with Crippen LogP contribution in [0.3, 0.4) is 0 Å². The number of nitrogens with one attached hydrogen (secondary N) is 1. The van der Waals surface area contributed by atoms with Crippen LogP contribution in [0.1, 0.15) is 34.7 Å². The van der Waals surface area contributed by atoms with Gasteiger partial charge in [-0.3, -0.25) is 9.78 Å². The molecular weight excluding hydrogens is 360 g/mol. The van der Waals surface area contributed by atoms with Gasteiger partial charge in [-0.25, -0.2) is 4.98 Å². The summed E-state index contributed by atoms with van der Waals surface area (Å²) in [6.45, 7) is 2.62. The Bertz CT molecular complexity index is 1130. The Morgan fingerprint density at radius 1 is 1.03 bits per heavy atom. The van der Waals surface area contributed by atoms with Crippen LogP contribution in [0.25, 0.3) is 17.1 Å². The van der Waals surface area contributed by atoms with Crippen molar-refractivity contribution >= 4 is 23.0 Å². The van der Waals surface area contributed by atoms with E-state index >= 15 is 0 Å². The number of nitrogens with zero attached hydrogens (tertiary/aromatic N) is 3. The third-order valence-corrected chi connectivity index (χ3v) is 4.76. The Balaban J connectivity index is 1.60. The maximum absolute atomic E-state index is 12.6. The van der Waals surface area contributed by atoms with E-state index < -0.39 is 0 Å². The van der Waals surface area contributed by atoms with Crippen molar-refractivity contribution in [2.45, 2.75) is 19.5 Å². The van der Waals surface area contributed by atoms with Gasteiger partial charge in [0.2, 0.25) is 0 Å². The largest absolute Gasteiger partial charge is 0.342 e. The van der Waals surface area contributed by atoms with E-state index in [9.17, 15) is 4.79 Å². The first-order chi connectivity index (χ1) is 14.2. The highest BCUT2D eigenvalue weighted by atomic mass is 16.1. The average molecular weight is 382 g/mol. The van der Waals surface area contributed by atoms with E-state index in [0.717, 1.165) is 22.4 Å². The molecule has 0 bridgehead atoms. The number of hydrogen-bond donors (Lipinski definition) is 1. The van der Waals surface area contributed by atoms with E-state index in [1.54, 1.807) is 24.5 Å². The Morgan fingerprint density at radius 3 is 2.55 bits per heavy atom. The smallest absolute Gasteiger partial charge is 0.251 e. The van der Waals surface area contributed by atoms with E-state index in [2.05, 4.69) is 45.2 Å². The second kappa shape index (κ2) is 8.52. The number of rotatable bonds is 6. The lowest BCUT2D eigenvalue weighted by Gasteiger charge is -2.15. The zero-order valence-corrected chi connectivity index (χ0v) is 16.2. The Hall–Kier alpha value is -3.73. The molecular formula is C24H22N4O. The quantitative estimate of drug-likeness (QED) is 0.529. The van der Waals surface area contributed by atoms with Crippen molar-refractivity contribution in [1.29, 1.82) is 0 Å². The van der Waals surface area contributed by atoms with Crippen molar-refractivity contribution in [1.82, 2.24) is 19.9 Å². The Labute approximate surface area is 169 Å². The molecule has 4 rings (SSSR count). The molecule has 2 heterocycles. The lowest BCUT2D eigenvalue weighted by Crippen LogP contribution is -2.28. The fourth-order valence-electron chi connectivity index (χ4n) is 3.32. The van der Waals surface area contributed by atoms with Gasteiger partial charge < -0.3 is 9.88 Å². The molecule has 2 aromatic carbocycles. The number of aromatic nitrogens is 3. The molecule has 1 amide bonds. The first kappa shape index (κ1) is 18.6. The van der Waals surface area contributed by atoms with Crippen molar-refractivity contribution in [3.63, 3.8) is 0 Å². The van der Waals surface area contributed by atoms with Crippen LogP contribution in [-0.2, 0) is 6.54 Å². The van der Waals surface area contributed by atoms with Crippen molar-refractivity contribution in [2.24, 2.45) is 0 Å². The molecule has 0 aliphatic carbocycles. The summed E-state index contributed by atoms with van der Waals surface area (Å²) in [5.74, 6) is 0.685. The maximum atomic E-state index is 12.6. The topological polar surface area (TPSA) is 59.8 Å². The summed E-state index contributed by atoms with van der Waals surface area (Å²) in [6.07, 6.45) is 7.44. The zero-order valence-electron chi connectivity index (χ0n) is 16.2. The van der Waals surface area contributed by atoms with E-state index in [1.807, 2.05) is 43.3 Å². The van der Waals surface area contributed by atoms with Gasteiger partial charge in [0.1, 0.15) is 5.82 Å². The Kier molecular flexibility index (Phi) is 5.47. The summed E-state index contributed by atoms with van der Waals surface area (Å²) < 4.78 is 2.15. The van der Waals surface area contributed by atoms with Gasteiger partial charge in [-0.2, -0.15) is 0 Å². The van der Waals surface area contributed by atoms with Crippen molar-refractivity contribution < 1.29 is 4.79 Å². The normalized spacial score (nSPS) is 12.3. The van der Waals surface area contributed by atoms with Crippen LogP contribution >= 0.6 is 0 Å². The monoisotopic (exact) mass is 382 g/mol. The number of benzene rings is 2. The zero-order chi connectivity index (χ0) is 20.1. The minimum absolute atomic E-state index is 0.140. The van der Waals surface area contributed by atoms with Crippen LogP contribution in [0, 0.1) is 0 Å². The third kappa shape index (κ3) is 4.24. The molecule has 0 saturated heterocycles. The lowest BCUT2D eigenvalue weighted by molar-refractivity contribution is 0.0937. The predicted octanol–water partition coefficient (Wildman–Crippen LogP) is 4.64. The highest BCUT2D eigenvalue weighted by molar-refractivity contribution is 5.94. The molecule has 1 atom stereocenters. The van der Waals surface area contributed by atoms with Gasteiger partial charge in [0.15, 0.2) is 0 Å². The summed E-state index contributed by atoms with van der Waals surface area (Å²) >= 11 is 0. The number of imidazole rings is 1. The van der Waals surface area contributed by atoms with Gasteiger partial charge in [-0.05, 0) is 36.8 Å². The minimum atomic E-state index is -0.242. The molecule has 29 heavy (non-hydrogen) atoms. The van der Waals surface area contributed by atoms with Gasteiger partial charge in [0, 0.05) is 24.5 Å². The van der Waals surface area contributed by atoms with Crippen LogP contribution < -0.4 is 5.32 Å². The highest BCUT2D eigenvalue weighted by Crippen LogP contribution is 2.21. The van der Waals surface area contributed by atoms with Gasteiger partial charge in [-0.15, -0.1) is 0 Å². The standard InChI is InChI=1S/C24H22N4O/c1-18(26-24(29)20-13-15-25-16-14-20)23-27-21-11-5-6-12-22(21)28(23)17-7-10-19-8-3-2-4-9-19/h2-16,18H,17H2,1H3,(H,26,29)/b10-7+. The second-order valence-electron chi connectivity index (χ2n) is 6.81. The number of amides is 1. The third-order valence-electron chi connectivity index (χ3n) is 4.76. The second-order valence-corrected chi connectivity index (χ2v) is 6.81. The SMILES string of the molecule is CC(NC(=O)c1ccncc1)c1nc2ccccc2n1C/C=C/c1ccccc1. The van der Waals surface area contributed by atoms with Crippen LogP contribution in [-0.4, -0.2) is 20.4 Å². The molecule has 5 heteroatoms. The van der Waals surface area contributed by atoms with Gasteiger partial charge in [0.05, 0.1) is 17.1 Å². The van der Waals surface area contributed by atoms with E-state index in [-0.39, 0.29) is 11.9 Å². The summed E-state index contributed by atoms with van der Waals surface area (Å²) in [4.78, 5) is 21.3. The molecule has 1 unspecified atom stereocenters. The molecule has 0 spiro atoms. The Morgan fingerprint density at radius 2 is 1.76 bits per heavy atom. The fraction of sp³-hybridized carbons (Fsp3) is 0.125. The molecule has 0 aliphatic rings. The number of para-hydroxylation sites is 2. The van der Waals surface area contributed by atoms with Crippen molar-refractivity contribution in [3.8, 4) is 0 Å². The number of carbonyl (C=O) groups excluding carboxylic acids is 1. The number of hydrogen-bond acceptors (Lipinski definition) is 3. The van der Waals surface area contributed by atoms with Gasteiger partial charge in [-0.1, -0.05) is 54.6 Å². The van der Waals surface area contributed by atoms with Gasteiger partial charge >= 0.3 is 0 Å². The molecule has 0 aliphatic heterocycles. The molecule has 5 nitrogen and oxygen atoms in total. The van der Waals surface area contributed by atoms with Crippen molar-refractivity contribution in [2.75, 3.05) is 0 Å². The first-order valence-corrected chi connectivity index (χ1v) is 9.60. The van der Waals surface area contributed by atoms with E-state index in [1.165, 1.54) is 0 Å². The van der Waals surface area contributed by atoms with Crippen LogP contribution in [0.15, 0.2) is 85.2 Å². The van der Waals surface area contributed by atoms with Gasteiger partial charge in [0.25, 0.3) is 5.91 Å². The predicted molar refractivity (Wildman–Crippen MR) is 115 cm³/mol. The molecule has 0 fully saturated rings. The number of pyridine rings is 1. The summed E-state index contributed by atoms with van der Waals surface area (Å²) in [5.41, 5.74) is 3.70. The molecule has 1 N–H and O–H groups in total.